The summed E-state index contributed by atoms with van der Waals surface area (Å²) in [6.07, 6.45) is 4.51. The molecule has 3 aromatic rings. The van der Waals surface area contributed by atoms with Gasteiger partial charge in [0.15, 0.2) is 0 Å². The smallest absolute Gasteiger partial charge is 0.138 e. The molecule has 0 unspecified atom stereocenters. The van der Waals surface area contributed by atoms with Crippen LogP contribution in [0.15, 0.2) is 48.5 Å². The number of fused-ring (bicyclic) bond motifs is 1. The fourth-order valence-electron chi connectivity index (χ4n) is 2.64. The van der Waals surface area contributed by atoms with Gasteiger partial charge in [-0.25, -0.2) is 4.98 Å². The maximum atomic E-state index is 5.74. The molecule has 0 aliphatic carbocycles. The molecule has 2 aromatic carbocycles. The van der Waals surface area contributed by atoms with Crippen LogP contribution in [-0.2, 0) is 6.42 Å². The van der Waals surface area contributed by atoms with E-state index in [0.29, 0.717) is 0 Å². The van der Waals surface area contributed by atoms with Crippen LogP contribution in [0, 0.1) is 0 Å². The molecule has 0 fully saturated rings. The van der Waals surface area contributed by atoms with Crippen LogP contribution >= 0.6 is 11.6 Å². The number of H-pyrrole nitrogens is 1. The van der Waals surface area contributed by atoms with Crippen molar-refractivity contribution in [2.75, 3.05) is 5.88 Å². The first-order valence-corrected chi connectivity index (χ1v) is 8.01. The van der Waals surface area contributed by atoms with Gasteiger partial charge in [-0.1, -0.05) is 42.8 Å². The van der Waals surface area contributed by atoms with Crippen molar-refractivity contribution in [3.05, 3.63) is 54.1 Å². The average molecular weight is 299 g/mol. The number of aromatic amines is 1. The minimum absolute atomic E-state index is 0.755. The Kier molecular flexibility index (Phi) is 4.56. The molecule has 0 bridgehead atoms. The second kappa shape index (κ2) is 6.77. The summed E-state index contributed by atoms with van der Waals surface area (Å²) < 4.78 is 0. The second-order valence-electron chi connectivity index (χ2n) is 5.26. The van der Waals surface area contributed by atoms with E-state index in [4.69, 9.17) is 16.6 Å². The molecule has 0 saturated heterocycles. The molecule has 1 heterocycles. The number of nitrogens with one attached hydrogen (secondary N) is 1. The Balaban J connectivity index is 1.87. The summed E-state index contributed by atoms with van der Waals surface area (Å²) in [6, 6.07) is 16.7. The van der Waals surface area contributed by atoms with Crippen LogP contribution in [0.2, 0.25) is 0 Å². The van der Waals surface area contributed by atoms with Gasteiger partial charge in [0.1, 0.15) is 5.82 Å². The number of aromatic nitrogens is 2. The number of imidazole rings is 1. The third-order valence-corrected chi connectivity index (χ3v) is 4.01. The maximum absolute atomic E-state index is 5.74. The van der Waals surface area contributed by atoms with Gasteiger partial charge in [0.2, 0.25) is 0 Å². The molecule has 21 heavy (non-hydrogen) atoms. The van der Waals surface area contributed by atoms with Gasteiger partial charge < -0.3 is 4.98 Å². The Hall–Kier alpha value is -1.80. The Morgan fingerprint density at radius 2 is 1.71 bits per heavy atom. The summed E-state index contributed by atoms with van der Waals surface area (Å²) in [5.74, 6) is 1.72. The van der Waals surface area contributed by atoms with Gasteiger partial charge in [-0.2, -0.15) is 0 Å². The van der Waals surface area contributed by atoms with Gasteiger partial charge in [-0.15, -0.1) is 11.6 Å². The summed E-state index contributed by atoms with van der Waals surface area (Å²) >= 11 is 5.74. The highest BCUT2D eigenvalue weighted by Gasteiger charge is 2.09. The normalized spacial score (nSPS) is 11.1. The number of alkyl halides is 1. The highest BCUT2D eigenvalue weighted by Crippen LogP contribution is 2.25. The molecule has 0 aliphatic heterocycles. The van der Waals surface area contributed by atoms with E-state index < -0.39 is 0 Å². The van der Waals surface area contributed by atoms with Gasteiger partial charge >= 0.3 is 0 Å². The number of aryl methyl sites for hydroxylation is 1. The number of rotatable bonds is 6. The number of para-hydroxylation sites is 2. The first-order valence-electron chi connectivity index (χ1n) is 7.47. The molecule has 3 heteroatoms. The molecule has 0 radical (unpaired) electrons. The van der Waals surface area contributed by atoms with Crippen LogP contribution in [-0.4, -0.2) is 15.8 Å². The first kappa shape index (κ1) is 14.2. The lowest BCUT2D eigenvalue weighted by Gasteiger charge is -2.07. The van der Waals surface area contributed by atoms with Crippen molar-refractivity contribution in [2.45, 2.75) is 25.7 Å². The summed E-state index contributed by atoms with van der Waals surface area (Å²) in [7, 11) is 0. The third kappa shape index (κ3) is 3.27. The lowest BCUT2D eigenvalue weighted by molar-refractivity contribution is 0.721. The fraction of sp³-hybridized carbons (Fsp3) is 0.278. The minimum atomic E-state index is 0.755. The average Bonchev–Trinajstić information content (AvgIpc) is 2.96. The molecule has 0 atom stereocenters. The van der Waals surface area contributed by atoms with E-state index >= 15 is 0 Å². The number of benzene rings is 2. The number of unbranched alkanes of at least 4 members (excludes halogenated alkanes) is 2. The summed E-state index contributed by atoms with van der Waals surface area (Å²) in [6.45, 7) is 0. The molecule has 1 N–H and O–H groups in total. The molecule has 3 rings (SSSR count). The monoisotopic (exact) mass is 298 g/mol. The van der Waals surface area contributed by atoms with E-state index in [1.165, 1.54) is 24.0 Å². The molecule has 108 valence electrons. The summed E-state index contributed by atoms with van der Waals surface area (Å²) in [4.78, 5) is 8.13. The first-order chi connectivity index (χ1) is 10.4. The zero-order valence-corrected chi connectivity index (χ0v) is 12.7. The summed E-state index contributed by atoms with van der Waals surface area (Å²) in [5.41, 5.74) is 4.67. The van der Waals surface area contributed by atoms with E-state index in [0.717, 1.165) is 35.6 Å². The minimum Gasteiger partial charge on any atom is -0.338 e. The van der Waals surface area contributed by atoms with E-state index in [9.17, 15) is 0 Å². The Labute approximate surface area is 130 Å². The molecule has 1 aromatic heterocycles. The molecular formula is C18H19ClN2. The van der Waals surface area contributed by atoms with Crippen molar-refractivity contribution in [1.29, 1.82) is 0 Å². The zero-order chi connectivity index (χ0) is 14.5. The second-order valence-corrected chi connectivity index (χ2v) is 5.64. The van der Waals surface area contributed by atoms with Gasteiger partial charge in [-0.3, -0.25) is 0 Å². The molecule has 0 saturated carbocycles. The topological polar surface area (TPSA) is 28.7 Å². The van der Waals surface area contributed by atoms with Crippen LogP contribution in [0.4, 0.5) is 0 Å². The Morgan fingerprint density at radius 1 is 0.905 bits per heavy atom. The van der Waals surface area contributed by atoms with Crippen LogP contribution < -0.4 is 0 Å². The van der Waals surface area contributed by atoms with Gasteiger partial charge in [0.05, 0.1) is 11.0 Å². The van der Waals surface area contributed by atoms with Crippen molar-refractivity contribution in [1.82, 2.24) is 9.97 Å². The fourth-order valence-corrected chi connectivity index (χ4v) is 2.83. The van der Waals surface area contributed by atoms with Gasteiger partial charge in [0, 0.05) is 11.4 Å². The molecule has 2 nitrogen and oxygen atoms in total. The van der Waals surface area contributed by atoms with E-state index in [-0.39, 0.29) is 0 Å². The highest BCUT2D eigenvalue weighted by molar-refractivity contribution is 6.17. The van der Waals surface area contributed by atoms with Crippen LogP contribution in [0.1, 0.15) is 24.8 Å². The van der Waals surface area contributed by atoms with Crippen LogP contribution in [0.3, 0.4) is 0 Å². The largest absolute Gasteiger partial charge is 0.338 e. The predicted molar refractivity (Wildman–Crippen MR) is 89.8 cm³/mol. The van der Waals surface area contributed by atoms with Crippen molar-refractivity contribution in [3.63, 3.8) is 0 Å². The molecule has 0 spiro atoms. The number of halogens is 1. The van der Waals surface area contributed by atoms with E-state index in [1.807, 2.05) is 18.2 Å². The number of hydrogen-bond donors (Lipinski definition) is 1. The van der Waals surface area contributed by atoms with Crippen molar-refractivity contribution >= 4 is 22.6 Å². The SMILES string of the molecule is ClCCCCCc1ccccc1-c1nc2ccccc2[nH]1. The maximum Gasteiger partial charge on any atom is 0.138 e. The molecule has 0 amide bonds. The highest BCUT2D eigenvalue weighted by atomic mass is 35.5. The molecule has 0 aliphatic rings. The Morgan fingerprint density at radius 3 is 2.57 bits per heavy atom. The quantitative estimate of drug-likeness (QED) is 0.493. The predicted octanol–water partition coefficient (Wildman–Crippen LogP) is 5.18. The van der Waals surface area contributed by atoms with Crippen LogP contribution in [0.25, 0.3) is 22.4 Å². The van der Waals surface area contributed by atoms with Crippen LogP contribution in [0.5, 0.6) is 0 Å². The lowest BCUT2D eigenvalue weighted by Crippen LogP contribution is -1.92. The zero-order valence-electron chi connectivity index (χ0n) is 12.0. The lowest BCUT2D eigenvalue weighted by atomic mass is 10.0. The third-order valence-electron chi connectivity index (χ3n) is 3.74. The van der Waals surface area contributed by atoms with Crippen molar-refractivity contribution in [2.24, 2.45) is 0 Å². The number of nitrogens with zero attached hydrogens (tertiary/aromatic N) is 1. The van der Waals surface area contributed by atoms with Crippen molar-refractivity contribution in [3.8, 4) is 11.4 Å². The molecular weight excluding hydrogens is 280 g/mol. The summed E-state index contributed by atoms with van der Waals surface area (Å²) in [5, 5.41) is 0. The van der Waals surface area contributed by atoms with Crippen molar-refractivity contribution < 1.29 is 0 Å². The van der Waals surface area contributed by atoms with E-state index in [2.05, 4.69) is 35.3 Å². The Bertz CT molecular complexity index is 685. The van der Waals surface area contributed by atoms with E-state index in [1.54, 1.807) is 0 Å². The number of hydrogen-bond acceptors (Lipinski definition) is 1. The van der Waals surface area contributed by atoms with Gasteiger partial charge in [-0.05, 0) is 37.0 Å². The van der Waals surface area contributed by atoms with Gasteiger partial charge in [0.25, 0.3) is 0 Å². The standard InChI is InChI=1S/C18H19ClN2/c19-13-7-1-2-8-14-9-3-4-10-15(14)18-20-16-11-5-6-12-17(16)21-18/h3-6,9-12H,1-2,7-8,13H2,(H,20,21).